The first-order valence-electron chi connectivity index (χ1n) is 11.8. The fraction of sp³-hybridized carbons (Fsp3) is 0.286. The number of rotatable bonds is 5. The van der Waals surface area contributed by atoms with Crippen molar-refractivity contribution in [1.29, 1.82) is 0 Å². The molecule has 174 valence electrons. The van der Waals surface area contributed by atoms with Crippen LogP contribution in [0.5, 0.6) is 0 Å². The van der Waals surface area contributed by atoms with Crippen LogP contribution >= 0.6 is 15.9 Å². The van der Waals surface area contributed by atoms with Crippen LogP contribution in [0.15, 0.2) is 71.2 Å². The Hall–Kier alpha value is -2.96. The molecule has 0 bridgehead atoms. The van der Waals surface area contributed by atoms with Gasteiger partial charge in [0.15, 0.2) is 0 Å². The molecule has 4 aromatic rings. The van der Waals surface area contributed by atoms with Gasteiger partial charge in [-0.1, -0.05) is 46.3 Å². The quantitative estimate of drug-likeness (QED) is 0.340. The summed E-state index contributed by atoms with van der Waals surface area (Å²) >= 11 is 3.61. The van der Waals surface area contributed by atoms with E-state index in [1.807, 2.05) is 31.2 Å². The van der Waals surface area contributed by atoms with E-state index < -0.39 is 0 Å². The van der Waals surface area contributed by atoms with Gasteiger partial charge in [0.1, 0.15) is 5.82 Å². The predicted octanol–water partition coefficient (Wildman–Crippen LogP) is 6.26. The highest BCUT2D eigenvalue weighted by atomic mass is 79.9. The van der Waals surface area contributed by atoms with Crippen molar-refractivity contribution in [1.82, 2.24) is 14.5 Å². The van der Waals surface area contributed by atoms with Gasteiger partial charge in [-0.2, -0.15) is 0 Å². The van der Waals surface area contributed by atoms with Gasteiger partial charge >= 0.3 is 0 Å². The van der Waals surface area contributed by atoms with Crippen LogP contribution in [-0.4, -0.2) is 33.4 Å². The van der Waals surface area contributed by atoms with Gasteiger partial charge in [-0.05, 0) is 80.8 Å². The van der Waals surface area contributed by atoms with Gasteiger partial charge in [-0.15, -0.1) is 0 Å². The van der Waals surface area contributed by atoms with Crippen LogP contribution in [-0.2, 0) is 11.3 Å². The highest BCUT2D eigenvalue weighted by molar-refractivity contribution is 9.10. The van der Waals surface area contributed by atoms with Gasteiger partial charge in [0, 0.05) is 22.4 Å². The molecule has 3 aromatic carbocycles. The van der Waals surface area contributed by atoms with E-state index in [4.69, 9.17) is 4.98 Å². The van der Waals surface area contributed by atoms with E-state index >= 15 is 0 Å². The van der Waals surface area contributed by atoms with E-state index in [0.29, 0.717) is 6.54 Å². The van der Waals surface area contributed by atoms with Gasteiger partial charge in [-0.3, -0.25) is 14.3 Å². The number of nitrogens with one attached hydrogen (secondary N) is 1. The number of nitrogens with zero attached hydrogens (tertiary/aromatic N) is 3. The summed E-state index contributed by atoms with van der Waals surface area (Å²) in [6, 6.07) is 22.7. The molecule has 1 aliphatic rings. The monoisotopic (exact) mass is 516 g/mol. The van der Waals surface area contributed by atoms with Crippen LogP contribution in [0.2, 0.25) is 0 Å². The molecule has 6 heteroatoms. The number of carbonyl (C=O) groups is 1. The third-order valence-electron chi connectivity index (χ3n) is 6.59. The summed E-state index contributed by atoms with van der Waals surface area (Å²) in [4.78, 5) is 20.5. The fourth-order valence-electron chi connectivity index (χ4n) is 4.80. The Bertz CT molecular complexity index is 1350. The van der Waals surface area contributed by atoms with E-state index in [1.165, 1.54) is 0 Å². The van der Waals surface area contributed by atoms with Gasteiger partial charge in [0.2, 0.25) is 5.91 Å². The molecule has 1 fully saturated rings. The standard InChI is InChI=1S/C28H29BrN4O/c1-19-12-13-20(2)25(15-19)31-28(34)21-7-6-14-32(17-21)18-27-30-24-10-3-4-11-26(24)33(27)23-9-5-8-22(29)16-23/h3-5,8-13,15-16,21H,6-7,14,17-18H2,1-2H3,(H,31,34)/t21-/m1/s1. The molecule has 1 saturated heterocycles. The lowest BCUT2D eigenvalue weighted by molar-refractivity contribution is -0.121. The number of aromatic nitrogens is 2. The maximum atomic E-state index is 13.1. The predicted molar refractivity (Wildman–Crippen MR) is 141 cm³/mol. The van der Waals surface area contributed by atoms with E-state index in [2.05, 4.69) is 80.1 Å². The molecule has 0 saturated carbocycles. The molecule has 1 N–H and O–H groups in total. The molecular weight excluding hydrogens is 488 g/mol. The Morgan fingerprint density at radius 3 is 2.79 bits per heavy atom. The minimum absolute atomic E-state index is 0.0302. The zero-order valence-corrected chi connectivity index (χ0v) is 21.2. The number of anilines is 1. The zero-order valence-electron chi connectivity index (χ0n) is 19.6. The fourth-order valence-corrected chi connectivity index (χ4v) is 5.19. The van der Waals surface area contributed by atoms with Crippen molar-refractivity contribution in [3.05, 3.63) is 88.2 Å². The van der Waals surface area contributed by atoms with Gasteiger partial charge in [-0.25, -0.2) is 4.98 Å². The molecule has 34 heavy (non-hydrogen) atoms. The summed E-state index contributed by atoms with van der Waals surface area (Å²) in [5, 5.41) is 3.18. The van der Waals surface area contributed by atoms with Crippen molar-refractivity contribution in [2.75, 3.05) is 18.4 Å². The average molecular weight is 517 g/mol. The van der Waals surface area contributed by atoms with Crippen LogP contribution in [0.3, 0.4) is 0 Å². The van der Waals surface area contributed by atoms with Crippen molar-refractivity contribution in [2.45, 2.75) is 33.2 Å². The maximum Gasteiger partial charge on any atom is 0.228 e. The summed E-state index contributed by atoms with van der Waals surface area (Å²) in [6.45, 7) is 6.49. The van der Waals surface area contributed by atoms with E-state index in [9.17, 15) is 4.79 Å². The minimum Gasteiger partial charge on any atom is -0.326 e. The first-order chi connectivity index (χ1) is 16.5. The van der Waals surface area contributed by atoms with Crippen molar-refractivity contribution in [3.63, 3.8) is 0 Å². The number of piperidine rings is 1. The number of benzene rings is 3. The van der Waals surface area contributed by atoms with Gasteiger partial charge < -0.3 is 5.32 Å². The number of aryl methyl sites for hydroxylation is 2. The molecule has 1 amide bonds. The van der Waals surface area contributed by atoms with E-state index in [-0.39, 0.29) is 11.8 Å². The summed E-state index contributed by atoms with van der Waals surface area (Å²) < 4.78 is 3.27. The topological polar surface area (TPSA) is 50.2 Å². The number of para-hydroxylation sites is 2. The number of fused-ring (bicyclic) bond motifs is 1. The molecule has 0 radical (unpaired) electrons. The molecule has 2 heterocycles. The number of likely N-dealkylation sites (tertiary alicyclic amines) is 1. The largest absolute Gasteiger partial charge is 0.326 e. The third-order valence-corrected chi connectivity index (χ3v) is 7.08. The lowest BCUT2D eigenvalue weighted by atomic mass is 9.96. The highest BCUT2D eigenvalue weighted by Crippen LogP contribution is 2.27. The van der Waals surface area contributed by atoms with Crippen molar-refractivity contribution >= 4 is 38.6 Å². The second kappa shape index (κ2) is 9.72. The third kappa shape index (κ3) is 4.79. The van der Waals surface area contributed by atoms with Crippen LogP contribution in [0.1, 0.15) is 29.8 Å². The summed E-state index contributed by atoms with van der Waals surface area (Å²) in [5.41, 5.74) is 6.32. The van der Waals surface area contributed by atoms with Crippen LogP contribution in [0.4, 0.5) is 5.69 Å². The Labute approximate surface area is 208 Å². The molecule has 1 aromatic heterocycles. The maximum absolute atomic E-state index is 13.1. The van der Waals surface area contributed by atoms with Crippen molar-refractivity contribution < 1.29 is 4.79 Å². The Kier molecular flexibility index (Phi) is 6.53. The van der Waals surface area contributed by atoms with E-state index in [1.54, 1.807) is 0 Å². The first kappa shape index (κ1) is 22.8. The lowest BCUT2D eigenvalue weighted by Crippen LogP contribution is -2.40. The molecule has 5 nitrogen and oxygen atoms in total. The van der Waals surface area contributed by atoms with Crippen LogP contribution < -0.4 is 5.32 Å². The SMILES string of the molecule is Cc1ccc(C)c(NC(=O)[C@@H]2CCCN(Cc3nc4ccccc4n3-c3cccc(Br)c3)C2)c1. The number of imidazole rings is 1. The summed E-state index contributed by atoms with van der Waals surface area (Å²) in [5.74, 6) is 1.08. The molecule has 1 aliphatic heterocycles. The van der Waals surface area contributed by atoms with Gasteiger partial charge in [0.25, 0.3) is 0 Å². The van der Waals surface area contributed by atoms with Crippen molar-refractivity contribution in [2.24, 2.45) is 5.92 Å². The Morgan fingerprint density at radius 1 is 1.09 bits per heavy atom. The highest BCUT2D eigenvalue weighted by Gasteiger charge is 2.27. The first-order valence-corrected chi connectivity index (χ1v) is 12.6. The molecular formula is C28H29BrN4O. The zero-order chi connectivity index (χ0) is 23.7. The molecule has 5 rings (SSSR count). The second-order valence-electron chi connectivity index (χ2n) is 9.21. The molecule has 0 spiro atoms. The molecule has 1 atom stereocenters. The minimum atomic E-state index is -0.0302. The number of halogens is 1. The second-order valence-corrected chi connectivity index (χ2v) is 10.1. The smallest absolute Gasteiger partial charge is 0.228 e. The number of hydrogen-bond donors (Lipinski definition) is 1. The summed E-state index contributed by atoms with van der Waals surface area (Å²) in [7, 11) is 0. The van der Waals surface area contributed by atoms with Crippen molar-refractivity contribution in [3.8, 4) is 5.69 Å². The number of hydrogen-bond acceptors (Lipinski definition) is 3. The molecule has 0 aliphatic carbocycles. The number of amides is 1. The van der Waals surface area contributed by atoms with Crippen LogP contribution in [0, 0.1) is 19.8 Å². The van der Waals surface area contributed by atoms with Gasteiger partial charge in [0.05, 0.1) is 23.5 Å². The van der Waals surface area contributed by atoms with Crippen LogP contribution in [0.25, 0.3) is 16.7 Å². The number of carbonyl (C=O) groups excluding carboxylic acids is 1. The average Bonchev–Trinajstić information content (AvgIpc) is 3.19. The van der Waals surface area contributed by atoms with E-state index in [0.717, 1.165) is 69.8 Å². The normalized spacial score (nSPS) is 16.6. The Balaban J connectivity index is 1.37. The lowest BCUT2D eigenvalue weighted by Gasteiger charge is -2.32. The Morgan fingerprint density at radius 2 is 1.94 bits per heavy atom. The summed E-state index contributed by atoms with van der Waals surface area (Å²) in [6.07, 6.45) is 1.91. The molecule has 0 unspecified atom stereocenters.